The molecule has 0 bridgehead atoms. The fourth-order valence-electron chi connectivity index (χ4n) is 3.10. The lowest BCUT2D eigenvalue weighted by atomic mass is 9.92. The van der Waals surface area contributed by atoms with Gasteiger partial charge in [0.05, 0.1) is 0 Å². The van der Waals surface area contributed by atoms with Gasteiger partial charge in [-0.3, -0.25) is 0 Å². The molecule has 3 rings (SSSR count). The van der Waals surface area contributed by atoms with Gasteiger partial charge in [-0.1, -0.05) is 72.6 Å². The number of allylic oxidation sites excluding steroid dienone is 1. The topological polar surface area (TPSA) is 0 Å². The van der Waals surface area contributed by atoms with Crippen LogP contribution >= 0.6 is 15.9 Å². The third-order valence-electron chi connectivity index (χ3n) is 4.40. The van der Waals surface area contributed by atoms with E-state index in [0.717, 1.165) is 4.47 Å². The van der Waals surface area contributed by atoms with Crippen LogP contribution in [0.2, 0.25) is 0 Å². The summed E-state index contributed by atoms with van der Waals surface area (Å²) < 4.78 is 1.15. The molecule has 108 valence electrons. The van der Waals surface area contributed by atoms with Crippen LogP contribution in [0.3, 0.4) is 0 Å². The van der Waals surface area contributed by atoms with Crippen LogP contribution < -0.4 is 0 Å². The molecule has 0 saturated carbocycles. The zero-order valence-corrected chi connectivity index (χ0v) is 14.3. The number of unbranched alkanes of at least 4 members (excludes halogenated alkanes) is 1. The zero-order valence-electron chi connectivity index (χ0n) is 12.7. The molecule has 0 spiro atoms. The average molecular weight is 341 g/mol. The maximum atomic E-state index is 3.57. The Morgan fingerprint density at radius 3 is 2.52 bits per heavy atom. The smallest absolute Gasteiger partial charge is 0.0181 e. The normalized spacial score (nSPS) is 16.7. The van der Waals surface area contributed by atoms with E-state index >= 15 is 0 Å². The zero-order chi connectivity index (χ0) is 14.8. The van der Waals surface area contributed by atoms with Gasteiger partial charge in [-0.2, -0.15) is 0 Å². The van der Waals surface area contributed by atoms with E-state index in [0.29, 0.717) is 5.92 Å². The summed E-state index contributed by atoms with van der Waals surface area (Å²) in [7, 11) is 0. The van der Waals surface area contributed by atoms with Crippen LogP contribution in [0, 0.1) is 0 Å². The quantitative estimate of drug-likeness (QED) is 0.599. The molecule has 21 heavy (non-hydrogen) atoms. The van der Waals surface area contributed by atoms with Gasteiger partial charge in [0, 0.05) is 10.4 Å². The molecule has 0 heterocycles. The second-order valence-electron chi connectivity index (χ2n) is 5.90. The van der Waals surface area contributed by atoms with Crippen LogP contribution in [0.15, 0.2) is 46.9 Å². The Morgan fingerprint density at radius 2 is 1.81 bits per heavy atom. The highest BCUT2D eigenvalue weighted by Gasteiger charge is 2.22. The third-order valence-corrected chi connectivity index (χ3v) is 4.89. The fraction of sp³-hybridized carbons (Fsp3) is 0.300. The first-order valence-corrected chi connectivity index (χ1v) is 8.58. The summed E-state index contributed by atoms with van der Waals surface area (Å²) >= 11 is 3.57. The molecular formula is C20H21Br. The van der Waals surface area contributed by atoms with Crippen molar-refractivity contribution in [3.8, 4) is 0 Å². The van der Waals surface area contributed by atoms with Crippen molar-refractivity contribution < 1.29 is 0 Å². The van der Waals surface area contributed by atoms with Crippen molar-refractivity contribution in [1.29, 1.82) is 0 Å². The summed E-state index contributed by atoms with van der Waals surface area (Å²) in [5.74, 6) is 0.481. The molecule has 0 N–H and O–H groups in total. The number of aryl methyl sites for hydroxylation is 1. The van der Waals surface area contributed by atoms with Crippen LogP contribution in [-0.2, 0) is 6.42 Å². The van der Waals surface area contributed by atoms with E-state index in [2.05, 4.69) is 78.3 Å². The molecule has 0 radical (unpaired) electrons. The van der Waals surface area contributed by atoms with Crippen LogP contribution in [0.25, 0.3) is 11.6 Å². The lowest BCUT2D eigenvalue weighted by Crippen LogP contribution is -1.94. The standard InChI is InChI=1S/C20H21Br/c1-3-4-5-15-6-8-16(9-7-15)20-13-17-12-18(21)10-11-19(17)14(20)2/h6-14H,3-5H2,1-2H3. The number of benzene rings is 2. The summed E-state index contributed by atoms with van der Waals surface area (Å²) in [6.07, 6.45) is 6.07. The predicted molar refractivity (Wildman–Crippen MR) is 95.5 cm³/mol. The Hall–Kier alpha value is -1.34. The van der Waals surface area contributed by atoms with Gasteiger partial charge in [-0.05, 0) is 52.8 Å². The number of hydrogen-bond acceptors (Lipinski definition) is 0. The second kappa shape index (κ2) is 6.19. The molecule has 0 aromatic heterocycles. The molecule has 1 unspecified atom stereocenters. The van der Waals surface area contributed by atoms with Crippen LogP contribution in [0.4, 0.5) is 0 Å². The first-order valence-electron chi connectivity index (χ1n) is 7.79. The predicted octanol–water partition coefficient (Wildman–Crippen LogP) is 6.45. The molecule has 1 aliphatic carbocycles. The van der Waals surface area contributed by atoms with Crippen molar-refractivity contribution in [1.82, 2.24) is 0 Å². The maximum Gasteiger partial charge on any atom is 0.0181 e. The Labute approximate surface area is 136 Å². The Kier molecular flexibility index (Phi) is 4.30. The van der Waals surface area contributed by atoms with Crippen molar-refractivity contribution in [3.05, 3.63) is 69.2 Å². The van der Waals surface area contributed by atoms with E-state index < -0.39 is 0 Å². The maximum absolute atomic E-state index is 3.57. The van der Waals surface area contributed by atoms with E-state index in [1.807, 2.05) is 0 Å². The SMILES string of the molecule is CCCCc1ccc(C2=Cc3cc(Br)ccc3C2C)cc1. The minimum absolute atomic E-state index is 0.481. The van der Waals surface area contributed by atoms with E-state index in [4.69, 9.17) is 0 Å². The van der Waals surface area contributed by atoms with E-state index in [1.165, 1.54) is 47.1 Å². The second-order valence-corrected chi connectivity index (χ2v) is 6.81. The molecule has 2 aromatic rings. The summed E-state index contributed by atoms with van der Waals surface area (Å²) in [4.78, 5) is 0. The van der Waals surface area contributed by atoms with Gasteiger partial charge in [0.15, 0.2) is 0 Å². The van der Waals surface area contributed by atoms with Crippen LogP contribution in [0.1, 0.15) is 54.9 Å². The summed E-state index contributed by atoms with van der Waals surface area (Å²) in [5.41, 5.74) is 7.03. The van der Waals surface area contributed by atoms with Gasteiger partial charge < -0.3 is 0 Å². The Balaban J connectivity index is 1.86. The molecule has 0 fully saturated rings. The lowest BCUT2D eigenvalue weighted by Gasteiger charge is -2.12. The van der Waals surface area contributed by atoms with Crippen molar-refractivity contribution in [3.63, 3.8) is 0 Å². The average Bonchev–Trinajstić information content (AvgIpc) is 2.82. The van der Waals surface area contributed by atoms with Crippen molar-refractivity contribution in [2.45, 2.75) is 39.0 Å². The minimum Gasteiger partial charge on any atom is -0.0654 e. The summed E-state index contributed by atoms with van der Waals surface area (Å²) in [6.45, 7) is 4.55. The molecule has 0 saturated heterocycles. The molecule has 0 nitrogen and oxygen atoms in total. The van der Waals surface area contributed by atoms with Crippen molar-refractivity contribution >= 4 is 27.6 Å². The lowest BCUT2D eigenvalue weighted by molar-refractivity contribution is 0.795. The van der Waals surface area contributed by atoms with Gasteiger partial charge in [0.25, 0.3) is 0 Å². The summed E-state index contributed by atoms with van der Waals surface area (Å²) in [5, 5.41) is 0. The molecule has 2 aromatic carbocycles. The van der Waals surface area contributed by atoms with E-state index in [-0.39, 0.29) is 0 Å². The Bertz CT molecular complexity index is 665. The van der Waals surface area contributed by atoms with Gasteiger partial charge in [0.1, 0.15) is 0 Å². The van der Waals surface area contributed by atoms with Gasteiger partial charge in [0.2, 0.25) is 0 Å². The largest absolute Gasteiger partial charge is 0.0654 e. The first kappa shape index (κ1) is 14.6. The van der Waals surface area contributed by atoms with Crippen LogP contribution in [-0.4, -0.2) is 0 Å². The van der Waals surface area contributed by atoms with Crippen molar-refractivity contribution in [2.24, 2.45) is 0 Å². The number of fused-ring (bicyclic) bond motifs is 1. The molecule has 0 aliphatic heterocycles. The number of halogens is 1. The fourth-order valence-corrected chi connectivity index (χ4v) is 3.48. The highest BCUT2D eigenvalue weighted by atomic mass is 79.9. The number of hydrogen-bond donors (Lipinski definition) is 0. The minimum atomic E-state index is 0.481. The van der Waals surface area contributed by atoms with Gasteiger partial charge in [-0.25, -0.2) is 0 Å². The van der Waals surface area contributed by atoms with E-state index in [1.54, 1.807) is 0 Å². The van der Waals surface area contributed by atoms with Crippen molar-refractivity contribution in [2.75, 3.05) is 0 Å². The molecule has 0 amide bonds. The highest BCUT2D eigenvalue weighted by Crippen LogP contribution is 2.42. The first-order chi connectivity index (χ1) is 10.2. The number of rotatable bonds is 4. The molecule has 1 aliphatic rings. The Morgan fingerprint density at radius 1 is 1.05 bits per heavy atom. The third kappa shape index (κ3) is 2.98. The molecule has 1 atom stereocenters. The van der Waals surface area contributed by atoms with Gasteiger partial charge >= 0.3 is 0 Å². The molecule has 1 heteroatoms. The monoisotopic (exact) mass is 340 g/mol. The van der Waals surface area contributed by atoms with Gasteiger partial charge in [-0.15, -0.1) is 0 Å². The van der Waals surface area contributed by atoms with E-state index in [9.17, 15) is 0 Å². The molecular weight excluding hydrogens is 320 g/mol. The highest BCUT2D eigenvalue weighted by molar-refractivity contribution is 9.10. The van der Waals surface area contributed by atoms with Crippen LogP contribution in [0.5, 0.6) is 0 Å². The summed E-state index contributed by atoms with van der Waals surface area (Å²) in [6, 6.07) is 15.7.